The number of nitrogens with one attached hydrogen (secondary N) is 1. The lowest BCUT2D eigenvalue weighted by molar-refractivity contribution is 0.0786. The van der Waals surface area contributed by atoms with E-state index in [1.165, 1.54) is 0 Å². The van der Waals surface area contributed by atoms with Crippen molar-refractivity contribution in [2.45, 2.75) is 25.0 Å². The van der Waals surface area contributed by atoms with Gasteiger partial charge < -0.3 is 15.2 Å². The van der Waals surface area contributed by atoms with E-state index in [1.807, 2.05) is 0 Å². The summed E-state index contributed by atoms with van der Waals surface area (Å²) in [6.45, 7) is 0. The summed E-state index contributed by atoms with van der Waals surface area (Å²) in [6.07, 6.45) is 0.268. The maximum Gasteiger partial charge on any atom is 0.404 e. The van der Waals surface area contributed by atoms with Crippen molar-refractivity contribution in [2.24, 2.45) is 0 Å². The molecule has 1 aromatic rings. The van der Waals surface area contributed by atoms with E-state index in [-0.39, 0.29) is 12.1 Å². The first-order valence-electron chi connectivity index (χ1n) is 5.03. The molecule has 1 aromatic heterocycles. The highest BCUT2D eigenvalue weighted by atomic mass is 79.9. The Balaban J connectivity index is 1.87. The minimum atomic E-state index is -1.00. The Labute approximate surface area is 111 Å². The Hall–Kier alpha value is -1.01. The van der Waals surface area contributed by atoms with E-state index >= 15 is 0 Å². The number of hydrogen-bond acceptors (Lipinski definition) is 3. The zero-order valence-corrected chi connectivity index (χ0v) is 11.0. The predicted octanol–water partition coefficient (Wildman–Crippen LogP) is 2.67. The van der Waals surface area contributed by atoms with Crippen LogP contribution in [0.3, 0.4) is 0 Å². The van der Waals surface area contributed by atoms with Crippen molar-refractivity contribution in [3.05, 3.63) is 21.8 Å². The normalized spacial score (nSPS) is 22.7. The third kappa shape index (κ3) is 3.23. The van der Waals surface area contributed by atoms with Gasteiger partial charge in [-0.15, -0.1) is 0 Å². The van der Waals surface area contributed by atoms with Crippen LogP contribution in [0.25, 0.3) is 0 Å². The third-order valence-electron chi connectivity index (χ3n) is 2.48. The third-order valence-corrected chi connectivity index (χ3v) is 3.29. The van der Waals surface area contributed by atoms with Crippen molar-refractivity contribution in [2.75, 3.05) is 0 Å². The lowest BCUT2D eigenvalue weighted by atomic mass is 9.89. The summed E-state index contributed by atoms with van der Waals surface area (Å²) in [5, 5.41) is 11.3. The van der Waals surface area contributed by atoms with Crippen LogP contribution in [0.5, 0.6) is 5.88 Å². The molecule has 0 aromatic carbocycles. The van der Waals surface area contributed by atoms with Gasteiger partial charge in [0.25, 0.3) is 0 Å². The molecule has 0 unspecified atom stereocenters. The molecule has 1 amide bonds. The fraction of sp³-hybridized carbons (Fsp3) is 0.400. The van der Waals surface area contributed by atoms with E-state index in [4.69, 9.17) is 21.4 Å². The second kappa shape index (κ2) is 5.10. The zero-order valence-electron chi connectivity index (χ0n) is 8.69. The van der Waals surface area contributed by atoms with E-state index in [9.17, 15) is 4.79 Å². The molecule has 0 bridgehead atoms. The summed E-state index contributed by atoms with van der Waals surface area (Å²) in [5.74, 6) is 0.441. The highest BCUT2D eigenvalue weighted by Gasteiger charge is 2.32. The maximum absolute atomic E-state index is 10.4. The van der Waals surface area contributed by atoms with Gasteiger partial charge in [-0.1, -0.05) is 11.6 Å². The standard InChI is InChI=1S/C10H10BrClN2O3/c11-7-1-2-8(12)14-9(7)17-6-3-5(4-6)13-10(15)16/h1-2,5-6,13H,3-4H2,(H,15,16)/t5-,6-. The lowest BCUT2D eigenvalue weighted by Crippen LogP contribution is -2.48. The number of carboxylic acid groups (broad SMARTS) is 1. The monoisotopic (exact) mass is 320 g/mol. The minimum Gasteiger partial charge on any atom is -0.473 e. The molecule has 17 heavy (non-hydrogen) atoms. The van der Waals surface area contributed by atoms with Gasteiger partial charge >= 0.3 is 6.09 Å². The van der Waals surface area contributed by atoms with Crippen molar-refractivity contribution in [3.63, 3.8) is 0 Å². The number of ether oxygens (including phenoxy) is 1. The Morgan fingerprint density at radius 1 is 1.59 bits per heavy atom. The molecule has 2 rings (SSSR count). The topological polar surface area (TPSA) is 71.5 Å². The van der Waals surface area contributed by atoms with Crippen LogP contribution >= 0.6 is 27.5 Å². The van der Waals surface area contributed by atoms with Crippen molar-refractivity contribution < 1.29 is 14.6 Å². The van der Waals surface area contributed by atoms with E-state index < -0.39 is 6.09 Å². The molecule has 1 aliphatic rings. The summed E-state index contributed by atoms with van der Waals surface area (Å²) < 4.78 is 6.33. The SMILES string of the molecule is O=C(O)N[C@H]1C[C@H](Oc2nc(Cl)ccc2Br)C1. The van der Waals surface area contributed by atoms with Crippen molar-refractivity contribution in [3.8, 4) is 5.88 Å². The summed E-state index contributed by atoms with van der Waals surface area (Å²) in [6, 6.07) is 3.39. The molecule has 1 fully saturated rings. The van der Waals surface area contributed by atoms with E-state index in [0.29, 0.717) is 23.9 Å². The van der Waals surface area contributed by atoms with Crippen molar-refractivity contribution in [1.82, 2.24) is 10.3 Å². The van der Waals surface area contributed by atoms with Crippen LogP contribution in [0.4, 0.5) is 4.79 Å². The molecule has 1 heterocycles. The minimum absolute atomic E-state index is 0.0193. The first-order valence-corrected chi connectivity index (χ1v) is 6.20. The van der Waals surface area contributed by atoms with E-state index in [1.54, 1.807) is 12.1 Å². The Morgan fingerprint density at radius 2 is 2.29 bits per heavy atom. The largest absolute Gasteiger partial charge is 0.473 e. The number of rotatable bonds is 3. The first-order chi connectivity index (χ1) is 8.04. The second-order valence-electron chi connectivity index (χ2n) is 3.78. The molecule has 7 heteroatoms. The number of aromatic nitrogens is 1. The molecule has 0 spiro atoms. The maximum atomic E-state index is 10.4. The quantitative estimate of drug-likeness (QED) is 0.840. The van der Waals surface area contributed by atoms with Crippen LogP contribution in [0.1, 0.15) is 12.8 Å². The van der Waals surface area contributed by atoms with Crippen LogP contribution in [0, 0.1) is 0 Å². The Morgan fingerprint density at radius 3 is 2.94 bits per heavy atom. The van der Waals surface area contributed by atoms with Gasteiger partial charge in [-0.25, -0.2) is 9.78 Å². The predicted molar refractivity (Wildman–Crippen MR) is 65.5 cm³/mol. The van der Waals surface area contributed by atoms with Gasteiger partial charge in [0.1, 0.15) is 11.3 Å². The van der Waals surface area contributed by atoms with Gasteiger partial charge in [-0.2, -0.15) is 0 Å². The second-order valence-corrected chi connectivity index (χ2v) is 5.02. The van der Waals surface area contributed by atoms with Gasteiger partial charge in [0.15, 0.2) is 0 Å². The van der Waals surface area contributed by atoms with E-state index in [2.05, 4.69) is 26.2 Å². The number of amides is 1. The molecule has 2 N–H and O–H groups in total. The first kappa shape index (κ1) is 12.4. The Kier molecular flexibility index (Phi) is 3.73. The van der Waals surface area contributed by atoms with Gasteiger partial charge in [0.05, 0.1) is 4.47 Å². The summed E-state index contributed by atoms with van der Waals surface area (Å²) >= 11 is 9.07. The molecule has 1 aliphatic carbocycles. The van der Waals surface area contributed by atoms with Crippen LogP contribution in [-0.2, 0) is 0 Å². The number of carbonyl (C=O) groups is 1. The number of hydrogen-bond donors (Lipinski definition) is 2. The van der Waals surface area contributed by atoms with Gasteiger partial charge in [0, 0.05) is 18.9 Å². The zero-order chi connectivity index (χ0) is 12.4. The highest BCUT2D eigenvalue weighted by molar-refractivity contribution is 9.10. The molecule has 0 radical (unpaired) electrons. The average Bonchev–Trinajstić information content (AvgIpc) is 2.19. The smallest absolute Gasteiger partial charge is 0.404 e. The van der Waals surface area contributed by atoms with Crippen LogP contribution in [0.2, 0.25) is 5.15 Å². The number of nitrogens with zero attached hydrogens (tertiary/aromatic N) is 1. The molecular weight excluding hydrogens is 311 g/mol. The fourth-order valence-corrected chi connectivity index (χ4v) is 2.05. The molecule has 0 aliphatic heterocycles. The van der Waals surface area contributed by atoms with Gasteiger partial charge in [-0.3, -0.25) is 0 Å². The van der Waals surface area contributed by atoms with Crippen LogP contribution in [-0.4, -0.2) is 28.3 Å². The van der Waals surface area contributed by atoms with Gasteiger partial charge in [-0.05, 0) is 28.1 Å². The number of halogens is 2. The highest BCUT2D eigenvalue weighted by Crippen LogP contribution is 2.30. The molecule has 1 saturated carbocycles. The van der Waals surface area contributed by atoms with Crippen LogP contribution in [0.15, 0.2) is 16.6 Å². The molecule has 5 nitrogen and oxygen atoms in total. The Bertz CT molecular complexity index is 438. The fourth-order valence-electron chi connectivity index (χ4n) is 1.60. The average molecular weight is 322 g/mol. The summed E-state index contributed by atoms with van der Waals surface area (Å²) in [5.41, 5.74) is 0. The molecule has 92 valence electrons. The lowest BCUT2D eigenvalue weighted by Gasteiger charge is -2.34. The number of pyridine rings is 1. The van der Waals surface area contributed by atoms with E-state index in [0.717, 1.165) is 4.47 Å². The van der Waals surface area contributed by atoms with Crippen LogP contribution < -0.4 is 10.1 Å². The van der Waals surface area contributed by atoms with Crippen molar-refractivity contribution >= 4 is 33.6 Å². The summed E-state index contributed by atoms with van der Waals surface area (Å²) in [7, 11) is 0. The molecule has 0 saturated heterocycles. The summed E-state index contributed by atoms with van der Waals surface area (Å²) in [4.78, 5) is 14.4. The molecule has 0 atom stereocenters. The van der Waals surface area contributed by atoms with Crippen molar-refractivity contribution in [1.29, 1.82) is 0 Å². The van der Waals surface area contributed by atoms with Gasteiger partial charge in [0.2, 0.25) is 5.88 Å². The molecular formula is C10H10BrClN2O3.